The first kappa shape index (κ1) is 16.9. The highest BCUT2D eigenvalue weighted by atomic mass is 16.4. The number of nitrogens with zero attached hydrogens (tertiary/aromatic N) is 3. The van der Waals surface area contributed by atoms with E-state index in [2.05, 4.69) is 4.90 Å². The summed E-state index contributed by atoms with van der Waals surface area (Å²) in [7, 11) is 3.79. The summed E-state index contributed by atoms with van der Waals surface area (Å²) >= 11 is 0. The Morgan fingerprint density at radius 3 is 2.35 bits per heavy atom. The Bertz CT molecular complexity index is 364. The van der Waals surface area contributed by atoms with Gasteiger partial charge in [0, 0.05) is 31.7 Å². The summed E-state index contributed by atoms with van der Waals surface area (Å²) in [5.41, 5.74) is -0.334. The average molecular weight is 287 g/mol. The van der Waals surface area contributed by atoms with Crippen molar-refractivity contribution in [1.82, 2.24) is 14.7 Å². The van der Waals surface area contributed by atoms with Crippen LogP contribution in [0.4, 0.5) is 0 Å². The standard InChI is InChI=1S/C13H25N3O4/c1-4-13(15(3)7-11(17)18)9-14(2)5-6-16(10-13)8-12(19)20/h4-10H2,1-3H3,(H,17,18)(H,19,20). The highest BCUT2D eigenvalue weighted by Crippen LogP contribution is 2.23. The smallest absolute Gasteiger partial charge is 0.317 e. The fraction of sp³-hybridized carbons (Fsp3) is 0.846. The van der Waals surface area contributed by atoms with Crippen molar-refractivity contribution in [3.63, 3.8) is 0 Å². The first-order valence-electron chi connectivity index (χ1n) is 6.85. The van der Waals surface area contributed by atoms with E-state index in [-0.39, 0.29) is 18.6 Å². The van der Waals surface area contributed by atoms with Gasteiger partial charge >= 0.3 is 11.9 Å². The van der Waals surface area contributed by atoms with Crippen molar-refractivity contribution in [2.24, 2.45) is 0 Å². The van der Waals surface area contributed by atoms with Gasteiger partial charge in [-0.15, -0.1) is 0 Å². The van der Waals surface area contributed by atoms with E-state index >= 15 is 0 Å². The molecule has 1 rings (SSSR count). The maximum absolute atomic E-state index is 11.0. The van der Waals surface area contributed by atoms with Crippen molar-refractivity contribution in [2.75, 3.05) is 53.4 Å². The first-order chi connectivity index (χ1) is 9.29. The molecule has 0 radical (unpaired) electrons. The topological polar surface area (TPSA) is 84.3 Å². The molecule has 1 aliphatic heterocycles. The lowest BCUT2D eigenvalue weighted by Gasteiger charge is -2.43. The molecule has 1 heterocycles. The Hall–Kier alpha value is -1.18. The Labute approximate surface area is 119 Å². The summed E-state index contributed by atoms with van der Waals surface area (Å²) in [6.07, 6.45) is 0.775. The summed E-state index contributed by atoms with van der Waals surface area (Å²) < 4.78 is 0. The summed E-state index contributed by atoms with van der Waals surface area (Å²) in [4.78, 5) is 27.8. The summed E-state index contributed by atoms with van der Waals surface area (Å²) in [6, 6.07) is 0. The third-order valence-electron chi connectivity index (χ3n) is 4.08. The number of carboxylic acids is 2. The highest BCUT2D eigenvalue weighted by molar-refractivity contribution is 5.69. The molecular formula is C13H25N3O4. The van der Waals surface area contributed by atoms with Crippen LogP contribution in [0.5, 0.6) is 0 Å². The molecule has 116 valence electrons. The predicted octanol–water partition coefficient (Wildman–Crippen LogP) is -0.516. The van der Waals surface area contributed by atoms with Crippen LogP contribution in [0.1, 0.15) is 13.3 Å². The van der Waals surface area contributed by atoms with Gasteiger partial charge in [0.15, 0.2) is 0 Å². The van der Waals surface area contributed by atoms with Gasteiger partial charge in [0.25, 0.3) is 0 Å². The van der Waals surface area contributed by atoms with E-state index in [9.17, 15) is 9.59 Å². The molecule has 1 fully saturated rings. The SMILES string of the molecule is CCC1(N(C)CC(=O)O)CN(C)CCN(CC(=O)O)C1. The van der Waals surface area contributed by atoms with Gasteiger partial charge < -0.3 is 15.1 Å². The van der Waals surface area contributed by atoms with Crippen LogP contribution < -0.4 is 0 Å². The van der Waals surface area contributed by atoms with E-state index in [4.69, 9.17) is 10.2 Å². The summed E-state index contributed by atoms with van der Waals surface area (Å²) in [5.74, 6) is -1.71. The Kier molecular flexibility index (Phi) is 5.91. The number of hydrogen-bond donors (Lipinski definition) is 2. The Balaban J connectivity index is 2.93. The molecular weight excluding hydrogens is 262 g/mol. The minimum absolute atomic E-state index is 0.00347. The molecule has 7 heteroatoms. The lowest BCUT2D eigenvalue weighted by atomic mass is 9.92. The second-order valence-corrected chi connectivity index (χ2v) is 5.67. The lowest BCUT2D eigenvalue weighted by molar-refractivity contribution is -0.141. The maximum Gasteiger partial charge on any atom is 0.317 e. The zero-order chi connectivity index (χ0) is 15.3. The molecule has 0 spiro atoms. The number of likely N-dealkylation sites (N-methyl/N-ethyl adjacent to an activating group) is 2. The molecule has 0 bridgehead atoms. The zero-order valence-corrected chi connectivity index (χ0v) is 12.5. The molecule has 20 heavy (non-hydrogen) atoms. The minimum atomic E-state index is -0.864. The van der Waals surface area contributed by atoms with Gasteiger partial charge in [-0.3, -0.25) is 19.4 Å². The molecule has 1 atom stereocenters. The fourth-order valence-corrected chi connectivity index (χ4v) is 2.87. The quantitative estimate of drug-likeness (QED) is 0.680. The van der Waals surface area contributed by atoms with E-state index in [1.54, 1.807) is 7.05 Å². The van der Waals surface area contributed by atoms with E-state index < -0.39 is 11.9 Å². The number of hydrogen-bond acceptors (Lipinski definition) is 5. The molecule has 1 saturated heterocycles. The van der Waals surface area contributed by atoms with E-state index in [1.165, 1.54) is 0 Å². The summed E-state index contributed by atoms with van der Waals surface area (Å²) in [5, 5.41) is 18.0. The van der Waals surface area contributed by atoms with Gasteiger partial charge in [0.2, 0.25) is 0 Å². The molecule has 7 nitrogen and oxygen atoms in total. The van der Waals surface area contributed by atoms with Crippen LogP contribution in [0.15, 0.2) is 0 Å². The van der Waals surface area contributed by atoms with Crippen LogP contribution in [-0.2, 0) is 9.59 Å². The van der Waals surface area contributed by atoms with Crippen LogP contribution in [0.3, 0.4) is 0 Å². The number of carbonyl (C=O) groups is 2. The van der Waals surface area contributed by atoms with Crippen LogP contribution >= 0.6 is 0 Å². The van der Waals surface area contributed by atoms with Crippen LogP contribution in [0.2, 0.25) is 0 Å². The van der Waals surface area contributed by atoms with Crippen molar-refractivity contribution in [3.05, 3.63) is 0 Å². The third-order valence-corrected chi connectivity index (χ3v) is 4.08. The molecule has 0 aromatic carbocycles. The Morgan fingerprint density at radius 1 is 1.20 bits per heavy atom. The number of rotatable bonds is 6. The van der Waals surface area contributed by atoms with Gasteiger partial charge in [-0.25, -0.2) is 0 Å². The van der Waals surface area contributed by atoms with Crippen molar-refractivity contribution < 1.29 is 19.8 Å². The monoisotopic (exact) mass is 287 g/mol. The zero-order valence-electron chi connectivity index (χ0n) is 12.5. The van der Waals surface area contributed by atoms with Gasteiger partial charge in [0.05, 0.1) is 13.1 Å². The molecule has 0 amide bonds. The van der Waals surface area contributed by atoms with Crippen LogP contribution in [0, 0.1) is 0 Å². The average Bonchev–Trinajstić information content (AvgIpc) is 2.48. The van der Waals surface area contributed by atoms with Gasteiger partial charge in [-0.2, -0.15) is 0 Å². The van der Waals surface area contributed by atoms with E-state index in [1.807, 2.05) is 23.8 Å². The molecule has 1 aliphatic rings. The maximum atomic E-state index is 11.0. The fourth-order valence-electron chi connectivity index (χ4n) is 2.87. The number of carboxylic acid groups (broad SMARTS) is 2. The van der Waals surface area contributed by atoms with Crippen molar-refractivity contribution in [1.29, 1.82) is 0 Å². The molecule has 0 saturated carbocycles. The van der Waals surface area contributed by atoms with E-state index in [0.717, 1.165) is 19.5 Å². The first-order valence-corrected chi connectivity index (χ1v) is 6.85. The molecule has 2 N–H and O–H groups in total. The van der Waals surface area contributed by atoms with Crippen LogP contribution in [-0.4, -0.2) is 95.8 Å². The largest absolute Gasteiger partial charge is 0.480 e. The molecule has 1 unspecified atom stereocenters. The summed E-state index contributed by atoms with van der Waals surface area (Å²) in [6.45, 7) is 4.77. The molecule has 0 aromatic heterocycles. The van der Waals surface area contributed by atoms with Crippen molar-refractivity contribution in [2.45, 2.75) is 18.9 Å². The van der Waals surface area contributed by atoms with Crippen molar-refractivity contribution >= 4 is 11.9 Å². The van der Waals surface area contributed by atoms with Gasteiger partial charge in [-0.05, 0) is 20.5 Å². The van der Waals surface area contributed by atoms with Gasteiger partial charge in [-0.1, -0.05) is 6.92 Å². The normalized spacial score (nSPS) is 25.6. The second-order valence-electron chi connectivity index (χ2n) is 5.67. The van der Waals surface area contributed by atoms with Gasteiger partial charge in [0.1, 0.15) is 0 Å². The highest BCUT2D eigenvalue weighted by Gasteiger charge is 2.39. The minimum Gasteiger partial charge on any atom is -0.480 e. The van der Waals surface area contributed by atoms with E-state index in [0.29, 0.717) is 13.1 Å². The Morgan fingerprint density at radius 2 is 1.85 bits per heavy atom. The second kappa shape index (κ2) is 7.01. The molecule has 0 aliphatic carbocycles. The van der Waals surface area contributed by atoms with Crippen molar-refractivity contribution in [3.8, 4) is 0 Å². The predicted molar refractivity (Wildman–Crippen MR) is 74.9 cm³/mol. The molecule has 0 aromatic rings. The number of aliphatic carboxylic acids is 2. The lowest BCUT2D eigenvalue weighted by Crippen LogP contribution is -2.58. The van der Waals surface area contributed by atoms with Crippen LogP contribution in [0.25, 0.3) is 0 Å². The third kappa shape index (κ3) is 4.43.